The maximum Gasteiger partial charge on any atom is 0.0637 e. The first-order valence-electron chi connectivity index (χ1n) is 7.24. The Hall–Kier alpha value is -0.870. The molecule has 2 heterocycles. The zero-order valence-corrected chi connectivity index (χ0v) is 11.3. The molecular weight excluding hydrogens is 224 g/mol. The van der Waals surface area contributed by atoms with E-state index in [-0.39, 0.29) is 0 Å². The molecule has 4 heteroatoms. The van der Waals surface area contributed by atoms with Crippen molar-refractivity contribution >= 4 is 0 Å². The average molecular weight is 248 g/mol. The van der Waals surface area contributed by atoms with Crippen LogP contribution in [-0.2, 0) is 13.5 Å². The number of aryl methyl sites for hydroxylation is 1. The summed E-state index contributed by atoms with van der Waals surface area (Å²) in [6.07, 6.45) is 7.28. The fraction of sp³-hybridized carbons (Fsp3) is 0.786. The first-order valence-corrected chi connectivity index (χ1v) is 7.24. The minimum Gasteiger partial charge on any atom is -0.314 e. The summed E-state index contributed by atoms with van der Waals surface area (Å²) < 4.78 is 1.89. The van der Waals surface area contributed by atoms with Crippen molar-refractivity contribution in [1.82, 2.24) is 20.0 Å². The summed E-state index contributed by atoms with van der Waals surface area (Å²) in [5.74, 6) is 0.870. The lowest BCUT2D eigenvalue weighted by atomic mass is 10.1. The van der Waals surface area contributed by atoms with E-state index in [1.807, 2.05) is 17.9 Å². The van der Waals surface area contributed by atoms with Crippen LogP contribution in [0.4, 0.5) is 0 Å². The van der Waals surface area contributed by atoms with Gasteiger partial charge in [0.1, 0.15) is 0 Å². The van der Waals surface area contributed by atoms with Gasteiger partial charge in [0.25, 0.3) is 0 Å². The van der Waals surface area contributed by atoms with Gasteiger partial charge in [-0.15, -0.1) is 0 Å². The molecule has 1 N–H and O–H groups in total. The minimum absolute atomic E-state index is 0.854. The van der Waals surface area contributed by atoms with Gasteiger partial charge in [-0.2, -0.15) is 5.10 Å². The minimum atomic E-state index is 0.854. The zero-order valence-electron chi connectivity index (χ0n) is 11.3. The zero-order chi connectivity index (χ0) is 12.4. The lowest BCUT2D eigenvalue weighted by molar-refractivity contribution is 0.324. The van der Waals surface area contributed by atoms with Gasteiger partial charge < -0.3 is 10.2 Å². The normalized spacial score (nSPS) is 24.8. The quantitative estimate of drug-likeness (QED) is 0.816. The van der Waals surface area contributed by atoms with Crippen LogP contribution in [0.25, 0.3) is 0 Å². The summed E-state index contributed by atoms with van der Waals surface area (Å²) in [4.78, 5) is 2.59. The molecule has 3 rings (SSSR count). The van der Waals surface area contributed by atoms with Gasteiger partial charge in [0, 0.05) is 38.8 Å². The fourth-order valence-electron chi connectivity index (χ4n) is 2.77. The van der Waals surface area contributed by atoms with E-state index in [0.717, 1.165) is 24.9 Å². The number of nitrogens with one attached hydrogen (secondary N) is 1. The van der Waals surface area contributed by atoms with Crippen molar-refractivity contribution in [1.29, 1.82) is 0 Å². The second-order valence-electron chi connectivity index (χ2n) is 5.87. The van der Waals surface area contributed by atoms with Gasteiger partial charge in [0.15, 0.2) is 0 Å². The highest BCUT2D eigenvalue weighted by Gasteiger charge is 2.25. The third kappa shape index (κ3) is 3.33. The molecule has 0 spiro atoms. The monoisotopic (exact) mass is 248 g/mol. The summed E-state index contributed by atoms with van der Waals surface area (Å²) in [6.45, 7) is 4.93. The van der Waals surface area contributed by atoms with Gasteiger partial charge in [-0.05, 0) is 44.3 Å². The van der Waals surface area contributed by atoms with E-state index in [9.17, 15) is 0 Å². The Kier molecular flexibility index (Phi) is 3.66. The molecule has 2 fully saturated rings. The van der Waals surface area contributed by atoms with E-state index in [4.69, 9.17) is 0 Å². The molecule has 1 aromatic heterocycles. The van der Waals surface area contributed by atoms with E-state index >= 15 is 0 Å². The molecule has 1 unspecified atom stereocenters. The SMILES string of the molecule is Cn1ccc(CCN2CCC(CNC3CC3)C2)n1. The second kappa shape index (κ2) is 5.41. The molecule has 0 amide bonds. The number of nitrogens with zero attached hydrogens (tertiary/aromatic N) is 3. The number of hydrogen-bond acceptors (Lipinski definition) is 3. The first-order chi connectivity index (χ1) is 8.79. The summed E-state index contributed by atoms with van der Waals surface area (Å²) >= 11 is 0. The van der Waals surface area contributed by atoms with Crippen LogP contribution in [0.5, 0.6) is 0 Å². The fourth-order valence-corrected chi connectivity index (χ4v) is 2.77. The molecule has 1 aliphatic carbocycles. The van der Waals surface area contributed by atoms with Crippen LogP contribution in [0.15, 0.2) is 12.3 Å². The largest absolute Gasteiger partial charge is 0.314 e. The van der Waals surface area contributed by atoms with Gasteiger partial charge in [-0.1, -0.05) is 0 Å². The maximum absolute atomic E-state index is 4.44. The standard InChI is InChI=1S/C14H24N4/c1-17-7-5-14(16-17)6-9-18-8-4-12(11-18)10-15-13-2-3-13/h5,7,12-13,15H,2-4,6,8-11H2,1H3. The van der Waals surface area contributed by atoms with Crippen LogP contribution in [0.2, 0.25) is 0 Å². The molecular formula is C14H24N4. The van der Waals surface area contributed by atoms with Crippen molar-refractivity contribution < 1.29 is 0 Å². The molecule has 100 valence electrons. The third-order valence-corrected chi connectivity index (χ3v) is 4.10. The van der Waals surface area contributed by atoms with E-state index in [1.165, 1.54) is 44.6 Å². The number of hydrogen-bond donors (Lipinski definition) is 1. The first kappa shape index (κ1) is 12.2. The Labute approximate surface area is 109 Å². The Morgan fingerprint density at radius 2 is 2.28 bits per heavy atom. The Morgan fingerprint density at radius 1 is 1.39 bits per heavy atom. The molecule has 1 aromatic rings. The van der Waals surface area contributed by atoms with Crippen molar-refractivity contribution in [2.75, 3.05) is 26.2 Å². The van der Waals surface area contributed by atoms with E-state index in [2.05, 4.69) is 21.4 Å². The molecule has 4 nitrogen and oxygen atoms in total. The van der Waals surface area contributed by atoms with E-state index in [1.54, 1.807) is 0 Å². The molecule has 0 bridgehead atoms. The van der Waals surface area contributed by atoms with Crippen LogP contribution < -0.4 is 5.32 Å². The summed E-state index contributed by atoms with van der Waals surface area (Å²) in [6, 6.07) is 2.98. The van der Waals surface area contributed by atoms with Crippen LogP contribution in [0, 0.1) is 5.92 Å². The van der Waals surface area contributed by atoms with Gasteiger partial charge in [0.05, 0.1) is 5.69 Å². The Morgan fingerprint density at radius 3 is 3.00 bits per heavy atom. The predicted molar refractivity (Wildman–Crippen MR) is 72.5 cm³/mol. The van der Waals surface area contributed by atoms with E-state index in [0.29, 0.717) is 0 Å². The van der Waals surface area contributed by atoms with E-state index < -0.39 is 0 Å². The van der Waals surface area contributed by atoms with Crippen LogP contribution in [-0.4, -0.2) is 46.9 Å². The van der Waals surface area contributed by atoms with Crippen LogP contribution in [0.1, 0.15) is 25.0 Å². The summed E-state index contributed by atoms with van der Waals surface area (Å²) in [7, 11) is 1.99. The molecule has 1 saturated carbocycles. The molecule has 18 heavy (non-hydrogen) atoms. The number of aromatic nitrogens is 2. The van der Waals surface area contributed by atoms with Gasteiger partial charge in [0.2, 0.25) is 0 Å². The smallest absolute Gasteiger partial charge is 0.0637 e. The second-order valence-corrected chi connectivity index (χ2v) is 5.87. The lowest BCUT2D eigenvalue weighted by Crippen LogP contribution is -2.28. The summed E-state index contributed by atoms with van der Waals surface area (Å²) in [5.41, 5.74) is 1.22. The highest BCUT2D eigenvalue weighted by molar-refractivity contribution is 4.99. The summed E-state index contributed by atoms with van der Waals surface area (Å²) in [5, 5.41) is 8.09. The number of rotatable bonds is 6. The van der Waals surface area contributed by atoms with Crippen molar-refractivity contribution in [2.24, 2.45) is 13.0 Å². The molecule has 1 atom stereocenters. The molecule has 0 radical (unpaired) electrons. The lowest BCUT2D eigenvalue weighted by Gasteiger charge is -2.15. The van der Waals surface area contributed by atoms with Gasteiger partial charge in [-0.25, -0.2) is 0 Å². The average Bonchev–Trinajstić information content (AvgIpc) is 2.93. The van der Waals surface area contributed by atoms with Crippen molar-refractivity contribution in [3.05, 3.63) is 18.0 Å². The third-order valence-electron chi connectivity index (χ3n) is 4.10. The van der Waals surface area contributed by atoms with Crippen LogP contribution in [0.3, 0.4) is 0 Å². The molecule has 1 aliphatic heterocycles. The van der Waals surface area contributed by atoms with Crippen LogP contribution >= 0.6 is 0 Å². The van der Waals surface area contributed by atoms with Crippen molar-refractivity contribution in [3.8, 4) is 0 Å². The Balaban J connectivity index is 1.36. The van der Waals surface area contributed by atoms with Crippen molar-refractivity contribution in [2.45, 2.75) is 31.7 Å². The molecule has 0 aromatic carbocycles. The molecule has 2 aliphatic rings. The predicted octanol–water partition coefficient (Wildman–Crippen LogP) is 1.04. The molecule has 1 saturated heterocycles. The number of likely N-dealkylation sites (tertiary alicyclic amines) is 1. The highest BCUT2D eigenvalue weighted by atomic mass is 15.2. The highest BCUT2D eigenvalue weighted by Crippen LogP contribution is 2.21. The Bertz CT molecular complexity index is 383. The topological polar surface area (TPSA) is 33.1 Å². The van der Waals surface area contributed by atoms with Crippen molar-refractivity contribution in [3.63, 3.8) is 0 Å². The van der Waals surface area contributed by atoms with Gasteiger partial charge >= 0.3 is 0 Å². The van der Waals surface area contributed by atoms with Gasteiger partial charge in [-0.3, -0.25) is 4.68 Å². The maximum atomic E-state index is 4.44.